The van der Waals surface area contributed by atoms with Crippen molar-refractivity contribution < 1.29 is 4.79 Å². The Labute approximate surface area is 138 Å². The van der Waals surface area contributed by atoms with Crippen molar-refractivity contribution in [3.05, 3.63) is 24.4 Å². The Hall–Kier alpha value is -2.16. The fourth-order valence-electron chi connectivity index (χ4n) is 2.36. The van der Waals surface area contributed by atoms with E-state index in [-0.39, 0.29) is 5.91 Å². The van der Waals surface area contributed by atoms with Crippen LogP contribution in [0.15, 0.2) is 23.7 Å². The summed E-state index contributed by atoms with van der Waals surface area (Å²) in [5.74, 6) is 2.20. The number of nitrogens with zero attached hydrogens (tertiary/aromatic N) is 6. The predicted molar refractivity (Wildman–Crippen MR) is 87.3 cm³/mol. The van der Waals surface area contributed by atoms with Crippen LogP contribution in [0.2, 0.25) is 0 Å². The summed E-state index contributed by atoms with van der Waals surface area (Å²) < 4.78 is 0. The largest absolute Gasteiger partial charge is 0.352 e. The molecule has 8 nitrogen and oxygen atoms in total. The Kier molecular flexibility index (Phi) is 5.06. The van der Waals surface area contributed by atoms with Gasteiger partial charge in [-0.25, -0.2) is 9.97 Å². The second kappa shape index (κ2) is 7.40. The lowest BCUT2D eigenvalue weighted by atomic mass is 10.3. The molecule has 1 fully saturated rings. The summed E-state index contributed by atoms with van der Waals surface area (Å²) in [7, 11) is 0. The van der Waals surface area contributed by atoms with E-state index in [1.54, 1.807) is 18.6 Å². The third kappa shape index (κ3) is 3.98. The Morgan fingerprint density at radius 3 is 2.78 bits per heavy atom. The number of aromatic amines is 1. The van der Waals surface area contributed by atoms with E-state index in [1.807, 2.05) is 11.8 Å². The summed E-state index contributed by atoms with van der Waals surface area (Å²) in [6, 6.07) is 0. The lowest BCUT2D eigenvalue weighted by Crippen LogP contribution is -2.49. The molecule has 122 valence electrons. The van der Waals surface area contributed by atoms with Gasteiger partial charge in [0, 0.05) is 45.0 Å². The Bertz CT molecular complexity index is 640. The zero-order chi connectivity index (χ0) is 16.1. The van der Waals surface area contributed by atoms with Gasteiger partial charge in [0.2, 0.25) is 11.1 Å². The number of anilines is 1. The van der Waals surface area contributed by atoms with Crippen LogP contribution in [0.5, 0.6) is 0 Å². The van der Waals surface area contributed by atoms with Crippen LogP contribution in [0.3, 0.4) is 0 Å². The average Bonchev–Trinajstić information content (AvgIpc) is 3.09. The maximum absolute atomic E-state index is 12.3. The number of piperazine rings is 1. The van der Waals surface area contributed by atoms with Crippen LogP contribution in [-0.2, 0) is 11.2 Å². The van der Waals surface area contributed by atoms with Crippen molar-refractivity contribution in [2.45, 2.75) is 18.5 Å². The minimum absolute atomic E-state index is 0.122. The van der Waals surface area contributed by atoms with Crippen LogP contribution in [-0.4, -0.2) is 67.9 Å². The maximum Gasteiger partial charge on any atom is 0.233 e. The molecule has 1 saturated heterocycles. The van der Waals surface area contributed by atoms with Crippen molar-refractivity contribution in [1.82, 2.24) is 30.0 Å². The van der Waals surface area contributed by atoms with E-state index in [1.165, 1.54) is 11.8 Å². The minimum atomic E-state index is 0.122. The summed E-state index contributed by atoms with van der Waals surface area (Å²) in [6.45, 7) is 4.95. The summed E-state index contributed by atoms with van der Waals surface area (Å²) in [4.78, 5) is 29.0. The summed E-state index contributed by atoms with van der Waals surface area (Å²) in [5.41, 5.74) is 0. The molecule has 0 unspecified atom stereocenters. The number of hydrogen-bond donors (Lipinski definition) is 1. The molecule has 0 aliphatic carbocycles. The lowest BCUT2D eigenvalue weighted by Gasteiger charge is -2.35. The van der Waals surface area contributed by atoms with E-state index >= 15 is 0 Å². The highest BCUT2D eigenvalue weighted by Gasteiger charge is 2.22. The van der Waals surface area contributed by atoms with Gasteiger partial charge in [0.25, 0.3) is 0 Å². The molecule has 0 atom stereocenters. The van der Waals surface area contributed by atoms with E-state index in [9.17, 15) is 4.79 Å². The first-order chi connectivity index (χ1) is 11.3. The standard InChI is InChI=1S/C14H19N7OS/c1-2-11-17-14(19-18-11)23-10-13(22)21-7-5-20(6-8-21)12-9-15-3-4-16-12/h3-4,9H,2,5-8,10H2,1H3,(H,17,18,19). The summed E-state index contributed by atoms with van der Waals surface area (Å²) in [5, 5.41) is 7.58. The van der Waals surface area contributed by atoms with E-state index < -0.39 is 0 Å². The van der Waals surface area contributed by atoms with Crippen LogP contribution >= 0.6 is 11.8 Å². The number of hydrogen-bond acceptors (Lipinski definition) is 7. The Balaban J connectivity index is 1.46. The first-order valence-corrected chi connectivity index (χ1v) is 8.57. The molecule has 9 heteroatoms. The van der Waals surface area contributed by atoms with E-state index in [4.69, 9.17) is 0 Å². The first kappa shape index (κ1) is 15.7. The van der Waals surface area contributed by atoms with Crippen molar-refractivity contribution in [2.75, 3.05) is 36.8 Å². The topological polar surface area (TPSA) is 90.9 Å². The fraction of sp³-hybridized carbons (Fsp3) is 0.500. The van der Waals surface area contributed by atoms with Crippen LogP contribution in [0.4, 0.5) is 5.82 Å². The minimum Gasteiger partial charge on any atom is -0.352 e. The monoisotopic (exact) mass is 333 g/mol. The Morgan fingerprint density at radius 2 is 2.13 bits per heavy atom. The number of carbonyl (C=O) groups is 1. The van der Waals surface area contributed by atoms with Gasteiger partial charge in [0.05, 0.1) is 11.9 Å². The second-order valence-corrected chi connectivity index (χ2v) is 6.08. The van der Waals surface area contributed by atoms with Crippen molar-refractivity contribution in [3.63, 3.8) is 0 Å². The van der Waals surface area contributed by atoms with Gasteiger partial charge in [-0.3, -0.25) is 14.9 Å². The van der Waals surface area contributed by atoms with Gasteiger partial charge >= 0.3 is 0 Å². The number of thioether (sulfide) groups is 1. The summed E-state index contributed by atoms with van der Waals surface area (Å²) in [6.07, 6.45) is 5.91. The number of amides is 1. The van der Waals surface area contributed by atoms with Crippen molar-refractivity contribution in [3.8, 4) is 0 Å². The fourth-order valence-corrected chi connectivity index (χ4v) is 3.08. The zero-order valence-corrected chi connectivity index (χ0v) is 13.8. The van der Waals surface area contributed by atoms with Gasteiger partial charge in [0.15, 0.2) is 0 Å². The highest BCUT2D eigenvalue weighted by molar-refractivity contribution is 7.99. The van der Waals surface area contributed by atoms with Crippen molar-refractivity contribution in [1.29, 1.82) is 0 Å². The molecule has 0 spiro atoms. The lowest BCUT2D eigenvalue weighted by molar-refractivity contribution is -0.128. The van der Waals surface area contributed by atoms with Gasteiger partial charge in [-0.1, -0.05) is 18.7 Å². The molecule has 3 rings (SSSR count). The van der Waals surface area contributed by atoms with Crippen molar-refractivity contribution in [2.24, 2.45) is 0 Å². The smallest absolute Gasteiger partial charge is 0.233 e. The van der Waals surface area contributed by atoms with Gasteiger partial charge < -0.3 is 9.80 Å². The molecule has 23 heavy (non-hydrogen) atoms. The molecule has 1 aliphatic heterocycles. The van der Waals surface area contributed by atoms with E-state index in [2.05, 4.69) is 30.0 Å². The van der Waals surface area contributed by atoms with Crippen LogP contribution < -0.4 is 4.90 Å². The maximum atomic E-state index is 12.3. The van der Waals surface area contributed by atoms with Gasteiger partial charge in [-0.2, -0.15) is 0 Å². The summed E-state index contributed by atoms with van der Waals surface area (Å²) >= 11 is 1.37. The molecule has 2 aromatic rings. The third-order valence-electron chi connectivity index (χ3n) is 3.68. The van der Waals surface area contributed by atoms with Crippen LogP contribution in [0.1, 0.15) is 12.7 Å². The van der Waals surface area contributed by atoms with Crippen LogP contribution in [0.25, 0.3) is 0 Å². The number of aromatic nitrogens is 5. The van der Waals surface area contributed by atoms with E-state index in [0.717, 1.165) is 31.2 Å². The molecular weight excluding hydrogens is 314 g/mol. The Morgan fingerprint density at radius 1 is 1.30 bits per heavy atom. The molecule has 1 aliphatic rings. The van der Waals surface area contributed by atoms with Gasteiger partial charge in [0.1, 0.15) is 11.6 Å². The van der Waals surface area contributed by atoms with Gasteiger partial charge in [-0.15, -0.1) is 5.10 Å². The van der Waals surface area contributed by atoms with Crippen LogP contribution in [0, 0.1) is 0 Å². The number of aryl methyl sites for hydroxylation is 1. The molecule has 0 bridgehead atoms. The highest BCUT2D eigenvalue weighted by Crippen LogP contribution is 2.15. The zero-order valence-electron chi connectivity index (χ0n) is 13.0. The quantitative estimate of drug-likeness (QED) is 0.801. The molecule has 0 aromatic carbocycles. The molecule has 2 aromatic heterocycles. The van der Waals surface area contributed by atoms with Crippen molar-refractivity contribution >= 4 is 23.5 Å². The third-order valence-corrected chi connectivity index (χ3v) is 4.51. The molecule has 3 heterocycles. The second-order valence-electron chi connectivity index (χ2n) is 5.14. The SMILES string of the molecule is CCc1nc(SCC(=O)N2CCN(c3cnccn3)CC2)n[nH]1. The predicted octanol–water partition coefficient (Wildman–Crippen LogP) is 0.598. The van der Waals surface area contributed by atoms with Gasteiger partial charge in [-0.05, 0) is 0 Å². The highest BCUT2D eigenvalue weighted by atomic mass is 32.2. The molecule has 0 radical (unpaired) electrons. The number of nitrogens with one attached hydrogen (secondary N) is 1. The molecular formula is C14H19N7OS. The first-order valence-electron chi connectivity index (χ1n) is 7.59. The number of carbonyl (C=O) groups excluding carboxylic acids is 1. The average molecular weight is 333 g/mol. The number of rotatable bonds is 5. The molecule has 1 N–H and O–H groups in total. The number of H-pyrrole nitrogens is 1. The normalized spacial score (nSPS) is 15.0. The van der Waals surface area contributed by atoms with E-state index in [0.29, 0.717) is 24.0 Å². The molecule has 0 saturated carbocycles. The molecule has 1 amide bonds.